The van der Waals surface area contributed by atoms with Crippen molar-refractivity contribution in [2.45, 2.75) is 19.9 Å². The summed E-state index contributed by atoms with van der Waals surface area (Å²) < 4.78 is 10.2. The van der Waals surface area contributed by atoms with Gasteiger partial charge in [0.05, 0.1) is 19.0 Å². The van der Waals surface area contributed by atoms with Crippen molar-refractivity contribution >= 4 is 5.84 Å². The van der Waals surface area contributed by atoms with E-state index in [1.165, 1.54) is 0 Å². The first-order valence-corrected chi connectivity index (χ1v) is 5.58. The molecule has 0 amide bonds. The summed E-state index contributed by atoms with van der Waals surface area (Å²) in [5, 5.41) is 7.40. The maximum atomic E-state index is 7.40. The zero-order valence-electron chi connectivity index (χ0n) is 10.8. The van der Waals surface area contributed by atoms with Crippen molar-refractivity contribution < 1.29 is 9.47 Å². The van der Waals surface area contributed by atoms with E-state index in [1.54, 1.807) is 14.2 Å². The monoisotopic (exact) mass is 231 g/mol. The normalized spacial score (nSPS) is 15.1. The zero-order chi connectivity index (χ0) is 12.6. The standard InChI is InChI=1S/C11H25N3O2/c1-9(11(12)13)7-14(5-6-15-3)10(2)8-16-4/h9-10H,5-8H2,1-4H3,(H3,12,13). The number of nitrogens with zero attached hydrogens (tertiary/aromatic N) is 1. The Bertz CT molecular complexity index is 200. The lowest BCUT2D eigenvalue weighted by Crippen LogP contribution is -2.43. The first-order valence-electron chi connectivity index (χ1n) is 5.58. The van der Waals surface area contributed by atoms with E-state index in [-0.39, 0.29) is 11.8 Å². The van der Waals surface area contributed by atoms with Crippen LogP contribution in [0.4, 0.5) is 0 Å². The van der Waals surface area contributed by atoms with Gasteiger partial charge in [-0.2, -0.15) is 0 Å². The van der Waals surface area contributed by atoms with Gasteiger partial charge in [0.2, 0.25) is 0 Å². The van der Waals surface area contributed by atoms with Crippen molar-refractivity contribution in [2.24, 2.45) is 11.7 Å². The molecule has 0 aliphatic rings. The summed E-state index contributed by atoms with van der Waals surface area (Å²) >= 11 is 0. The van der Waals surface area contributed by atoms with E-state index in [9.17, 15) is 0 Å². The van der Waals surface area contributed by atoms with E-state index >= 15 is 0 Å². The molecule has 0 rings (SSSR count). The fourth-order valence-electron chi connectivity index (χ4n) is 1.50. The number of amidine groups is 1. The fourth-order valence-corrected chi connectivity index (χ4v) is 1.50. The second-order valence-electron chi connectivity index (χ2n) is 4.15. The molecule has 3 N–H and O–H groups in total. The van der Waals surface area contributed by atoms with E-state index < -0.39 is 0 Å². The summed E-state index contributed by atoms with van der Waals surface area (Å²) in [5.74, 6) is 0.295. The molecule has 0 heterocycles. The highest BCUT2D eigenvalue weighted by atomic mass is 16.5. The average molecular weight is 231 g/mol. The molecule has 0 aromatic heterocycles. The summed E-state index contributed by atoms with van der Waals surface area (Å²) in [6.07, 6.45) is 0. The van der Waals surface area contributed by atoms with E-state index in [1.807, 2.05) is 6.92 Å². The molecule has 5 heteroatoms. The first-order chi connectivity index (χ1) is 7.52. The Morgan fingerprint density at radius 2 is 1.94 bits per heavy atom. The van der Waals surface area contributed by atoms with Gasteiger partial charge in [-0.05, 0) is 6.92 Å². The van der Waals surface area contributed by atoms with Crippen molar-refractivity contribution in [1.29, 1.82) is 5.41 Å². The Hall–Kier alpha value is -0.650. The quantitative estimate of drug-likeness (QED) is 0.449. The van der Waals surface area contributed by atoms with Gasteiger partial charge >= 0.3 is 0 Å². The van der Waals surface area contributed by atoms with Gasteiger partial charge < -0.3 is 15.2 Å². The van der Waals surface area contributed by atoms with Crippen LogP contribution in [0.15, 0.2) is 0 Å². The average Bonchev–Trinajstić information content (AvgIpc) is 2.23. The number of hydrogen-bond acceptors (Lipinski definition) is 4. The van der Waals surface area contributed by atoms with Crippen LogP contribution in [-0.2, 0) is 9.47 Å². The van der Waals surface area contributed by atoms with Crippen LogP contribution in [0.3, 0.4) is 0 Å². The largest absolute Gasteiger partial charge is 0.387 e. The van der Waals surface area contributed by atoms with Crippen molar-refractivity contribution in [3.8, 4) is 0 Å². The molecule has 2 unspecified atom stereocenters. The van der Waals surface area contributed by atoms with E-state index in [2.05, 4.69) is 11.8 Å². The lowest BCUT2D eigenvalue weighted by Gasteiger charge is -2.30. The van der Waals surface area contributed by atoms with Crippen molar-refractivity contribution in [3.05, 3.63) is 0 Å². The fraction of sp³-hybridized carbons (Fsp3) is 0.909. The van der Waals surface area contributed by atoms with Gasteiger partial charge in [0.15, 0.2) is 0 Å². The summed E-state index contributed by atoms with van der Waals surface area (Å²) in [7, 11) is 3.38. The molecule has 5 nitrogen and oxygen atoms in total. The highest BCUT2D eigenvalue weighted by Crippen LogP contribution is 2.05. The molecule has 2 atom stereocenters. The van der Waals surface area contributed by atoms with Crippen LogP contribution in [0.2, 0.25) is 0 Å². The van der Waals surface area contributed by atoms with Crippen molar-refractivity contribution in [2.75, 3.05) is 40.5 Å². The molecule has 0 aliphatic heterocycles. The first kappa shape index (κ1) is 15.3. The predicted molar refractivity (Wildman–Crippen MR) is 65.9 cm³/mol. The number of nitrogens with one attached hydrogen (secondary N) is 1. The van der Waals surface area contributed by atoms with Crippen LogP contribution in [0, 0.1) is 11.3 Å². The molecular weight excluding hydrogens is 206 g/mol. The molecule has 0 aliphatic carbocycles. The Morgan fingerprint density at radius 3 is 2.38 bits per heavy atom. The smallest absolute Gasteiger partial charge is 0.0947 e. The van der Waals surface area contributed by atoms with Crippen molar-refractivity contribution in [3.63, 3.8) is 0 Å². The Balaban J connectivity index is 4.23. The summed E-state index contributed by atoms with van der Waals surface area (Å²) in [6, 6.07) is 0.307. The van der Waals surface area contributed by atoms with Gasteiger partial charge in [-0.1, -0.05) is 6.92 Å². The van der Waals surface area contributed by atoms with Gasteiger partial charge in [0.1, 0.15) is 0 Å². The zero-order valence-corrected chi connectivity index (χ0v) is 10.8. The van der Waals surface area contributed by atoms with Crippen LogP contribution in [0.5, 0.6) is 0 Å². The molecular formula is C11H25N3O2. The molecule has 0 aromatic carbocycles. The minimum Gasteiger partial charge on any atom is -0.387 e. The third-order valence-corrected chi connectivity index (χ3v) is 2.65. The van der Waals surface area contributed by atoms with Gasteiger partial charge in [-0.25, -0.2) is 0 Å². The van der Waals surface area contributed by atoms with Gasteiger partial charge in [0, 0.05) is 39.3 Å². The molecule has 96 valence electrons. The summed E-state index contributed by atoms with van der Waals surface area (Å²) in [5.41, 5.74) is 5.48. The molecule has 16 heavy (non-hydrogen) atoms. The van der Waals surface area contributed by atoms with Gasteiger partial charge in [0.25, 0.3) is 0 Å². The Morgan fingerprint density at radius 1 is 1.31 bits per heavy atom. The molecule has 0 spiro atoms. The number of nitrogens with two attached hydrogens (primary N) is 1. The molecule has 0 fully saturated rings. The lowest BCUT2D eigenvalue weighted by molar-refractivity contribution is 0.0712. The topological polar surface area (TPSA) is 71.6 Å². The molecule has 0 saturated carbocycles. The number of rotatable bonds is 9. The summed E-state index contributed by atoms with van der Waals surface area (Å²) in [4.78, 5) is 2.24. The lowest BCUT2D eigenvalue weighted by atomic mass is 10.1. The van der Waals surface area contributed by atoms with Crippen LogP contribution >= 0.6 is 0 Å². The van der Waals surface area contributed by atoms with Crippen LogP contribution in [-0.4, -0.2) is 57.3 Å². The van der Waals surface area contributed by atoms with E-state index in [0.717, 1.165) is 13.1 Å². The van der Waals surface area contributed by atoms with Crippen LogP contribution in [0.25, 0.3) is 0 Å². The van der Waals surface area contributed by atoms with Crippen molar-refractivity contribution in [1.82, 2.24) is 4.90 Å². The number of ether oxygens (including phenoxy) is 2. The highest BCUT2D eigenvalue weighted by Gasteiger charge is 2.17. The minimum atomic E-state index is 0.0659. The molecule has 0 aromatic rings. The highest BCUT2D eigenvalue weighted by molar-refractivity contribution is 5.79. The molecule has 0 saturated heterocycles. The predicted octanol–water partition coefficient (Wildman–Crippen LogP) is 0.542. The maximum Gasteiger partial charge on any atom is 0.0947 e. The SMILES string of the molecule is COCCN(CC(C)C(=N)N)C(C)COC. The summed E-state index contributed by atoms with van der Waals surface area (Å²) in [6.45, 7) is 7.02. The Kier molecular flexibility index (Phi) is 8.15. The third-order valence-electron chi connectivity index (χ3n) is 2.65. The van der Waals surface area contributed by atoms with Crippen LogP contribution < -0.4 is 5.73 Å². The second kappa shape index (κ2) is 8.50. The Labute approximate surface area is 98.4 Å². The maximum absolute atomic E-state index is 7.40. The second-order valence-corrected chi connectivity index (χ2v) is 4.15. The van der Waals surface area contributed by atoms with E-state index in [0.29, 0.717) is 19.3 Å². The third kappa shape index (κ3) is 6.05. The molecule has 0 bridgehead atoms. The molecule has 0 radical (unpaired) electrons. The minimum absolute atomic E-state index is 0.0659. The van der Waals surface area contributed by atoms with Gasteiger partial charge in [-0.3, -0.25) is 10.3 Å². The van der Waals surface area contributed by atoms with Crippen LogP contribution in [0.1, 0.15) is 13.8 Å². The van der Waals surface area contributed by atoms with Gasteiger partial charge in [-0.15, -0.1) is 0 Å². The number of methoxy groups -OCH3 is 2. The van der Waals surface area contributed by atoms with E-state index in [4.69, 9.17) is 20.6 Å². The number of hydrogen-bond donors (Lipinski definition) is 2.